The fraction of sp³-hybridized carbons (Fsp3) is 0.436. The number of likely N-dealkylation sites (tertiary alicyclic amines) is 1. The zero-order valence-corrected chi connectivity index (χ0v) is 32.7. The van der Waals surface area contributed by atoms with Gasteiger partial charge in [-0.25, -0.2) is 23.2 Å². The highest BCUT2D eigenvalue weighted by molar-refractivity contribution is 7.99. The number of hydrogen-bond acceptors (Lipinski definition) is 8. The van der Waals surface area contributed by atoms with Crippen molar-refractivity contribution in [1.82, 2.24) is 19.4 Å². The van der Waals surface area contributed by atoms with Crippen LogP contribution in [0.5, 0.6) is 0 Å². The Labute approximate surface area is 328 Å². The van der Waals surface area contributed by atoms with Gasteiger partial charge in [-0.3, -0.25) is 9.47 Å². The number of anilines is 1. The average Bonchev–Trinajstić information content (AvgIpc) is 3.27. The molecule has 3 aliphatic rings. The molecule has 4 heterocycles. The number of hydrogen-bond donors (Lipinski definition) is 0. The van der Waals surface area contributed by atoms with E-state index in [1.54, 1.807) is 44.4 Å². The lowest BCUT2D eigenvalue weighted by atomic mass is 9.81. The van der Waals surface area contributed by atoms with Crippen LogP contribution in [-0.2, 0) is 28.8 Å². The summed E-state index contributed by atoms with van der Waals surface area (Å²) < 4.78 is 88.3. The van der Waals surface area contributed by atoms with E-state index in [-0.39, 0.29) is 66.7 Å². The number of piperazine rings is 1. The highest BCUT2D eigenvalue weighted by atomic mass is 35.5. The van der Waals surface area contributed by atoms with Gasteiger partial charge in [-0.05, 0) is 52.3 Å². The molecule has 2 fully saturated rings. The maximum atomic E-state index is 15.7. The van der Waals surface area contributed by atoms with Crippen LogP contribution in [0.15, 0.2) is 58.2 Å². The fourth-order valence-electron chi connectivity index (χ4n) is 7.80. The van der Waals surface area contributed by atoms with Gasteiger partial charge in [-0.15, -0.1) is 11.8 Å². The minimum absolute atomic E-state index is 0.0163. The number of rotatable bonds is 4. The Bertz CT molecular complexity index is 2270. The second-order valence-electron chi connectivity index (χ2n) is 15.7. The average molecular weight is 820 g/mol. The van der Waals surface area contributed by atoms with Crippen molar-refractivity contribution in [3.63, 3.8) is 0 Å². The molecule has 17 heteroatoms. The Hall–Kier alpha value is -4.57. The number of ether oxygens (including phenoxy) is 2. The summed E-state index contributed by atoms with van der Waals surface area (Å²) in [6.45, 7) is 9.22. The van der Waals surface area contributed by atoms with Crippen LogP contribution in [0.4, 0.5) is 37.4 Å². The molecular formula is C39H39ClF5N5O5S. The topological polar surface area (TPSA) is 97.2 Å². The summed E-state index contributed by atoms with van der Waals surface area (Å²) >= 11 is 7.04. The van der Waals surface area contributed by atoms with E-state index in [9.17, 15) is 18.8 Å². The Morgan fingerprint density at radius 3 is 2.25 bits per heavy atom. The van der Waals surface area contributed by atoms with Gasteiger partial charge in [-0.2, -0.15) is 18.2 Å². The molecule has 56 heavy (non-hydrogen) atoms. The summed E-state index contributed by atoms with van der Waals surface area (Å²) in [4.78, 5) is 49.5. The lowest BCUT2D eigenvalue weighted by molar-refractivity contribution is -0.137. The van der Waals surface area contributed by atoms with Crippen LogP contribution in [0.2, 0.25) is 5.02 Å². The molecule has 0 saturated carbocycles. The lowest BCUT2D eigenvalue weighted by Gasteiger charge is -2.48. The van der Waals surface area contributed by atoms with E-state index in [0.29, 0.717) is 6.07 Å². The first-order valence-corrected chi connectivity index (χ1v) is 19.3. The number of alkyl halides is 3. The van der Waals surface area contributed by atoms with Crippen LogP contribution in [-0.4, -0.2) is 81.2 Å². The van der Waals surface area contributed by atoms with Crippen LogP contribution in [0.3, 0.4) is 0 Å². The second kappa shape index (κ2) is 14.4. The highest BCUT2D eigenvalue weighted by Crippen LogP contribution is 2.52. The normalized spacial score (nSPS) is 19.5. The molecule has 2 amide bonds. The molecule has 2 atom stereocenters. The Morgan fingerprint density at radius 1 is 0.964 bits per heavy atom. The van der Waals surface area contributed by atoms with E-state index < -0.39 is 80.5 Å². The first-order chi connectivity index (χ1) is 26.2. The van der Waals surface area contributed by atoms with Crippen molar-refractivity contribution in [2.75, 3.05) is 36.8 Å². The number of benzene rings is 3. The summed E-state index contributed by atoms with van der Waals surface area (Å²) in [6, 6.07) is 10.2. The van der Waals surface area contributed by atoms with Crippen molar-refractivity contribution >= 4 is 52.3 Å². The third-order valence-corrected chi connectivity index (χ3v) is 11.9. The first kappa shape index (κ1) is 39.7. The molecular weight excluding hydrogens is 781 g/mol. The second-order valence-corrected chi connectivity index (χ2v) is 17.1. The van der Waals surface area contributed by atoms with E-state index in [4.69, 9.17) is 21.1 Å². The van der Waals surface area contributed by atoms with Gasteiger partial charge in [0.05, 0.1) is 28.2 Å². The lowest BCUT2D eigenvalue weighted by Crippen LogP contribution is -2.62. The van der Waals surface area contributed by atoms with E-state index in [0.717, 1.165) is 29.5 Å². The quantitative estimate of drug-likeness (QED) is 0.149. The maximum Gasteiger partial charge on any atom is 0.417 e. The summed E-state index contributed by atoms with van der Waals surface area (Å²) in [7, 11) is 0. The molecule has 0 N–H and O–H groups in total. The summed E-state index contributed by atoms with van der Waals surface area (Å²) in [5.41, 5.74) is -3.87. The van der Waals surface area contributed by atoms with E-state index >= 15 is 17.6 Å². The van der Waals surface area contributed by atoms with Crippen molar-refractivity contribution in [2.45, 2.75) is 76.5 Å². The monoisotopic (exact) mass is 819 g/mol. The summed E-state index contributed by atoms with van der Waals surface area (Å²) in [6.07, 6.45) is -6.20. The Kier molecular flexibility index (Phi) is 10.2. The fourth-order valence-corrected chi connectivity index (χ4v) is 9.41. The van der Waals surface area contributed by atoms with E-state index in [1.165, 1.54) is 9.47 Å². The van der Waals surface area contributed by atoms with Gasteiger partial charge in [-0.1, -0.05) is 41.9 Å². The van der Waals surface area contributed by atoms with Crippen LogP contribution < -0.4 is 10.6 Å². The molecule has 0 unspecified atom stereocenters. The highest BCUT2D eigenvalue weighted by Gasteiger charge is 2.49. The van der Waals surface area contributed by atoms with Crippen LogP contribution in [0.25, 0.3) is 22.0 Å². The van der Waals surface area contributed by atoms with Crippen molar-refractivity contribution in [3.05, 3.63) is 86.8 Å². The van der Waals surface area contributed by atoms with Gasteiger partial charge in [0.25, 0.3) is 0 Å². The van der Waals surface area contributed by atoms with Gasteiger partial charge in [0, 0.05) is 71.4 Å². The SMILES string of the molecule is C[C@@H]1CN(c2nc(=O)n3c4c(c(-c5cc(Cl)c(F)cc5F)c(C(F)(F)F)cc24)SCC2(CN(C(=O)OCc4ccccc4)C2)C3)C[C@H](C)N1C(=O)OC(C)(C)C. The molecule has 3 aromatic carbocycles. The van der Waals surface area contributed by atoms with E-state index in [2.05, 4.69) is 4.98 Å². The summed E-state index contributed by atoms with van der Waals surface area (Å²) in [5.74, 6) is -2.32. The minimum Gasteiger partial charge on any atom is -0.445 e. The van der Waals surface area contributed by atoms with Crippen molar-refractivity contribution in [2.24, 2.45) is 5.41 Å². The van der Waals surface area contributed by atoms with Crippen molar-refractivity contribution in [1.29, 1.82) is 0 Å². The molecule has 0 aliphatic carbocycles. The molecule has 4 aromatic rings. The zero-order chi connectivity index (χ0) is 40.5. The largest absolute Gasteiger partial charge is 0.445 e. The molecule has 0 radical (unpaired) electrons. The number of carbonyl (C=O) groups excluding carboxylic acids is 2. The summed E-state index contributed by atoms with van der Waals surface area (Å²) in [5, 5.41) is -0.600. The molecule has 7 rings (SSSR count). The number of carbonyl (C=O) groups is 2. The standard InChI is InChI=1S/C39H39ClF5N5O5S/c1-21-14-47(15-22(2)50(21)36(53)55-37(3,4)5)33-25-11-26(39(43,44)45)30(24-12-27(40)29(42)13-28(24)41)32-31(25)49(34(51)46-33)19-38(20-56-32)17-48(18-38)35(52)54-16-23-9-7-6-8-10-23/h6-13,21-22H,14-20H2,1-5H3/t21-,22+. The predicted octanol–water partition coefficient (Wildman–Crippen LogP) is 8.59. The van der Waals surface area contributed by atoms with Gasteiger partial charge >= 0.3 is 24.1 Å². The molecule has 1 spiro atoms. The number of amides is 2. The van der Waals surface area contributed by atoms with Gasteiger partial charge < -0.3 is 19.3 Å². The predicted molar refractivity (Wildman–Crippen MR) is 202 cm³/mol. The van der Waals surface area contributed by atoms with Crippen LogP contribution >= 0.6 is 23.4 Å². The molecule has 0 bridgehead atoms. The Morgan fingerprint density at radius 2 is 1.62 bits per heavy atom. The van der Waals surface area contributed by atoms with Crippen molar-refractivity contribution < 1.29 is 41.0 Å². The molecule has 3 aliphatic heterocycles. The number of nitrogens with zero attached hydrogens (tertiary/aromatic N) is 5. The Balaban J connectivity index is 1.34. The van der Waals surface area contributed by atoms with Gasteiger partial charge in [0.2, 0.25) is 0 Å². The zero-order valence-electron chi connectivity index (χ0n) is 31.2. The van der Waals surface area contributed by atoms with Gasteiger partial charge in [0.1, 0.15) is 29.7 Å². The van der Waals surface area contributed by atoms with Crippen molar-refractivity contribution in [3.8, 4) is 11.1 Å². The first-order valence-electron chi connectivity index (χ1n) is 17.9. The van der Waals surface area contributed by atoms with Crippen LogP contribution in [0.1, 0.15) is 45.7 Å². The number of halogens is 6. The molecule has 10 nitrogen and oxygen atoms in total. The third kappa shape index (κ3) is 7.49. The smallest absolute Gasteiger partial charge is 0.417 e. The molecule has 298 valence electrons. The molecule has 2 saturated heterocycles. The third-order valence-electron chi connectivity index (χ3n) is 10.1. The van der Waals surface area contributed by atoms with Gasteiger partial charge in [0.15, 0.2) is 0 Å². The van der Waals surface area contributed by atoms with Crippen LogP contribution in [0, 0.1) is 17.0 Å². The molecule has 1 aromatic heterocycles. The number of aromatic nitrogens is 2. The minimum atomic E-state index is -5.05. The maximum absolute atomic E-state index is 15.7. The van der Waals surface area contributed by atoms with E-state index in [1.807, 2.05) is 30.3 Å². The number of thioether (sulfide) groups is 1.